The maximum absolute atomic E-state index is 12.3. The molecule has 0 aromatic heterocycles. The molecule has 1 N–H and O–H groups in total. The number of hydrogen-bond donors (Lipinski definition) is 1. The molecule has 2 amide bonds. The Morgan fingerprint density at radius 2 is 1.50 bits per heavy atom. The van der Waals surface area contributed by atoms with Gasteiger partial charge >= 0.3 is 5.97 Å². The fourth-order valence-corrected chi connectivity index (χ4v) is 2.26. The SMILES string of the molecule is O=C(O)COc1ccc(N2C(=O)c3ccccc3C2=O)cc1. The molecule has 2 aromatic carbocycles. The predicted octanol–water partition coefficient (Wildman–Crippen LogP) is 1.95. The van der Waals surface area contributed by atoms with Crippen molar-refractivity contribution in [1.29, 1.82) is 0 Å². The molecular formula is C16H11NO5. The molecule has 1 heterocycles. The Hall–Kier alpha value is -3.15. The van der Waals surface area contributed by atoms with Crippen molar-refractivity contribution in [2.24, 2.45) is 0 Å². The number of benzene rings is 2. The zero-order valence-corrected chi connectivity index (χ0v) is 11.4. The minimum Gasteiger partial charge on any atom is -0.482 e. The van der Waals surface area contributed by atoms with Crippen LogP contribution in [0.4, 0.5) is 5.69 Å². The Labute approximate surface area is 125 Å². The maximum atomic E-state index is 12.3. The first-order valence-corrected chi connectivity index (χ1v) is 6.50. The molecule has 22 heavy (non-hydrogen) atoms. The zero-order chi connectivity index (χ0) is 15.7. The fraction of sp³-hybridized carbons (Fsp3) is 0.0625. The molecule has 2 aromatic rings. The number of rotatable bonds is 4. The fourth-order valence-electron chi connectivity index (χ4n) is 2.26. The Bertz CT molecular complexity index is 731. The molecule has 1 aliphatic heterocycles. The number of fused-ring (bicyclic) bond motifs is 1. The quantitative estimate of drug-likeness (QED) is 0.872. The van der Waals surface area contributed by atoms with Gasteiger partial charge in [-0.3, -0.25) is 9.59 Å². The summed E-state index contributed by atoms with van der Waals surface area (Å²) in [5.41, 5.74) is 1.16. The van der Waals surface area contributed by atoms with E-state index in [9.17, 15) is 14.4 Å². The third kappa shape index (κ3) is 2.31. The van der Waals surface area contributed by atoms with Crippen LogP contribution in [0.15, 0.2) is 48.5 Å². The molecule has 110 valence electrons. The minimum absolute atomic E-state index is 0.350. The topological polar surface area (TPSA) is 83.9 Å². The number of nitrogens with zero attached hydrogens (tertiary/aromatic N) is 1. The number of aliphatic carboxylic acids is 1. The molecular weight excluding hydrogens is 286 g/mol. The van der Waals surface area contributed by atoms with Crippen molar-refractivity contribution in [1.82, 2.24) is 0 Å². The van der Waals surface area contributed by atoms with Gasteiger partial charge in [-0.15, -0.1) is 0 Å². The Morgan fingerprint density at radius 1 is 0.955 bits per heavy atom. The highest BCUT2D eigenvalue weighted by atomic mass is 16.5. The third-order valence-electron chi connectivity index (χ3n) is 3.25. The largest absolute Gasteiger partial charge is 0.482 e. The summed E-state index contributed by atoms with van der Waals surface area (Å²) in [6, 6.07) is 12.7. The molecule has 0 saturated heterocycles. The van der Waals surface area contributed by atoms with E-state index in [1.165, 1.54) is 12.1 Å². The first-order chi connectivity index (χ1) is 10.6. The van der Waals surface area contributed by atoms with Crippen LogP contribution in [0, 0.1) is 0 Å². The van der Waals surface area contributed by atoms with Crippen molar-refractivity contribution in [2.45, 2.75) is 0 Å². The number of amides is 2. The summed E-state index contributed by atoms with van der Waals surface area (Å²) in [4.78, 5) is 36.1. The van der Waals surface area contributed by atoms with Gasteiger partial charge in [0.1, 0.15) is 5.75 Å². The molecule has 0 saturated carbocycles. The van der Waals surface area contributed by atoms with E-state index in [1.54, 1.807) is 36.4 Å². The average Bonchev–Trinajstić information content (AvgIpc) is 2.78. The molecule has 3 rings (SSSR count). The Morgan fingerprint density at radius 3 is 2.00 bits per heavy atom. The van der Waals surface area contributed by atoms with Crippen LogP contribution in [0.1, 0.15) is 20.7 Å². The highest BCUT2D eigenvalue weighted by Gasteiger charge is 2.36. The first kappa shape index (κ1) is 13.8. The summed E-state index contributed by atoms with van der Waals surface area (Å²) < 4.78 is 5.01. The standard InChI is InChI=1S/C16H11NO5/c18-14(19)9-22-11-7-5-10(6-8-11)17-15(20)12-3-1-2-4-13(12)16(17)21/h1-8H,9H2,(H,18,19). The molecule has 0 unspecified atom stereocenters. The van der Waals surface area contributed by atoms with Crippen molar-refractivity contribution >= 4 is 23.5 Å². The van der Waals surface area contributed by atoms with E-state index in [4.69, 9.17) is 9.84 Å². The summed E-state index contributed by atoms with van der Waals surface area (Å²) in [5.74, 6) is -1.48. The van der Waals surface area contributed by atoms with Crippen molar-refractivity contribution in [3.63, 3.8) is 0 Å². The molecule has 6 heteroatoms. The summed E-state index contributed by atoms with van der Waals surface area (Å²) in [7, 11) is 0. The van der Waals surface area contributed by atoms with Gasteiger partial charge in [0, 0.05) is 0 Å². The van der Waals surface area contributed by atoms with E-state index in [-0.39, 0.29) is 11.8 Å². The van der Waals surface area contributed by atoms with Gasteiger partial charge in [-0.2, -0.15) is 0 Å². The van der Waals surface area contributed by atoms with Crippen LogP contribution in [-0.4, -0.2) is 29.5 Å². The molecule has 6 nitrogen and oxygen atoms in total. The van der Waals surface area contributed by atoms with Gasteiger partial charge in [-0.1, -0.05) is 12.1 Å². The van der Waals surface area contributed by atoms with Crippen molar-refractivity contribution < 1.29 is 24.2 Å². The highest BCUT2D eigenvalue weighted by Crippen LogP contribution is 2.29. The second-order valence-corrected chi connectivity index (χ2v) is 4.67. The van der Waals surface area contributed by atoms with Crippen LogP contribution in [0.5, 0.6) is 5.75 Å². The molecule has 1 aliphatic rings. The number of carboxylic acid groups (broad SMARTS) is 1. The first-order valence-electron chi connectivity index (χ1n) is 6.50. The lowest BCUT2D eigenvalue weighted by molar-refractivity contribution is -0.139. The third-order valence-corrected chi connectivity index (χ3v) is 3.25. The Kier molecular flexibility index (Phi) is 3.34. The van der Waals surface area contributed by atoms with Crippen LogP contribution in [0.3, 0.4) is 0 Å². The van der Waals surface area contributed by atoms with Crippen molar-refractivity contribution in [3.8, 4) is 5.75 Å². The monoisotopic (exact) mass is 297 g/mol. The van der Waals surface area contributed by atoms with E-state index in [0.717, 1.165) is 4.90 Å². The number of carboxylic acids is 1. The van der Waals surface area contributed by atoms with Gasteiger partial charge in [-0.05, 0) is 36.4 Å². The highest BCUT2D eigenvalue weighted by molar-refractivity contribution is 6.34. The number of carbonyl (C=O) groups excluding carboxylic acids is 2. The second kappa shape index (κ2) is 5.33. The molecule has 0 aliphatic carbocycles. The van der Waals surface area contributed by atoms with Gasteiger partial charge in [0.05, 0.1) is 16.8 Å². The van der Waals surface area contributed by atoms with Crippen LogP contribution >= 0.6 is 0 Å². The smallest absolute Gasteiger partial charge is 0.341 e. The summed E-state index contributed by atoms with van der Waals surface area (Å²) in [6.07, 6.45) is 0. The lowest BCUT2D eigenvalue weighted by Crippen LogP contribution is -2.29. The zero-order valence-electron chi connectivity index (χ0n) is 11.4. The van der Waals surface area contributed by atoms with Crippen molar-refractivity contribution in [3.05, 3.63) is 59.7 Å². The normalized spacial score (nSPS) is 13.2. The summed E-state index contributed by atoms with van der Waals surface area (Å²) in [5, 5.41) is 8.55. The van der Waals surface area contributed by atoms with E-state index in [1.807, 2.05) is 0 Å². The van der Waals surface area contributed by atoms with Crippen LogP contribution in [-0.2, 0) is 4.79 Å². The van der Waals surface area contributed by atoms with E-state index in [0.29, 0.717) is 22.6 Å². The molecule has 0 bridgehead atoms. The second-order valence-electron chi connectivity index (χ2n) is 4.67. The Balaban J connectivity index is 1.85. The lowest BCUT2D eigenvalue weighted by Gasteiger charge is -2.14. The maximum Gasteiger partial charge on any atom is 0.341 e. The van der Waals surface area contributed by atoms with E-state index < -0.39 is 12.6 Å². The van der Waals surface area contributed by atoms with Crippen LogP contribution < -0.4 is 9.64 Å². The summed E-state index contributed by atoms with van der Waals surface area (Å²) in [6.45, 7) is -0.452. The number of ether oxygens (including phenoxy) is 1. The van der Waals surface area contributed by atoms with Crippen LogP contribution in [0.2, 0.25) is 0 Å². The van der Waals surface area contributed by atoms with E-state index in [2.05, 4.69) is 0 Å². The summed E-state index contributed by atoms with van der Waals surface area (Å²) >= 11 is 0. The van der Waals surface area contributed by atoms with Gasteiger partial charge in [0.2, 0.25) is 0 Å². The van der Waals surface area contributed by atoms with Gasteiger partial charge in [-0.25, -0.2) is 9.69 Å². The number of carbonyl (C=O) groups is 3. The van der Waals surface area contributed by atoms with Gasteiger partial charge in [0.25, 0.3) is 11.8 Å². The van der Waals surface area contributed by atoms with Crippen LogP contribution in [0.25, 0.3) is 0 Å². The minimum atomic E-state index is -1.08. The molecule has 0 fully saturated rings. The molecule has 0 spiro atoms. The molecule has 0 atom stereocenters. The average molecular weight is 297 g/mol. The van der Waals surface area contributed by atoms with Crippen molar-refractivity contribution in [2.75, 3.05) is 11.5 Å². The number of hydrogen-bond acceptors (Lipinski definition) is 4. The predicted molar refractivity (Wildman–Crippen MR) is 77.2 cm³/mol. The molecule has 0 radical (unpaired) electrons. The van der Waals surface area contributed by atoms with Gasteiger partial charge in [0.15, 0.2) is 6.61 Å². The lowest BCUT2D eigenvalue weighted by atomic mass is 10.1. The number of imide groups is 1. The van der Waals surface area contributed by atoms with Gasteiger partial charge < -0.3 is 9.84 Å². The van der Waals surface area contributed by atoms with E-state index >= 15 is 0 Å². The number of anilines is 1.